The lowest BCUT2D eigenvalue weighted by molar-refractivity contribution is 0.442. The van der Waals surface area contributed by atoms with E-state index in [2.05, 4.69) is 15.0 Å². The van der Waals surface area contributed by atoms with Crippen molar-refractivity contribution in [2.24, 2.45) is 0 Å². The summed E-state index contributed by atoms with van der Waals surface area (Å²) in [6, 6.07) is 8.10. The lowest BCUT2D eigenvalue weighted by Gasteiger charge is -2.10. The number of alkyl halides is 1. The molecule has 0 atom stereocenters. The van der Waals surface area contributed by atoms with Crippen LogP contribution in [0.4, 0.5) is 8.78 Å². The summed E-state index contributed by atoms with van der Waals surface area (Å²) in [5.74, 6) is 1.02. The minimum atomic E-state index is -0.485. The summed E-state index contributed by atoms with van der Waals surface area (Å²) in [5.41, 5.74) is 2.24. The first kappa shape index (κ1) is 15.4. The fraction of sp³-hybridized carbons (Fsp3) is 0.167. The van der Waals surface area contributed by atoms with Gasteiger partial charge in [-0.2, -0.15) is 0 Å². The van der Waals surface area contributed by atoms with Gasteiger partial charge in [-0.05, 0) is 18.2 Å². The van der Waals surface area contributed by atoms with Crippen LogP contribution in [0.15, 0.2) is 55.1 Å². The molecule has 126 valence electrons. The van der Waals surface area contributed by atoms with E-state index in [1.54, 1.807) is 36.9 Å². The van der Waals surface area contributed by atoms with Crippen LogP contribution in [0.5, 0.6) is 0 Å². The van der Waals surface area contributed by atoms with Gasteiger partial charge in [-0.3, -0.25) is 4.98 Å². The van der Waals surface area contributed by atoms with Crippen LogP contribution >= 0.6 is 0 Å². The fourth-order valence-corrected chi connectivity index (χ4v) is 2.96. The van der Waals surface area contributed by atoms with Crippen molar-refractivity contribution in [3.05, 3.63) is 66.8 Å². The second-order valence-electron chi connectivity index (χ2n) is 5.62. The van der Waals surface area contributed by atoms with Crippen molar-refractivity contribution < 1.29 is 8.78 Å². The number of aryl methyl sites for hydroxylation is 1. The molecule has 5 nitrogen and oxygen atoms in total. The standard InChI is InChI=1S/C18H15F2N5/c19-5-8-25-16-4-6-21-11-15(16)23-17(25)12-24-9-7-22-18(24)13-2-1-3-14(20)10-13/h1-4,6-7,9-11H,5,8,12H2. The highest BCUT2D eigenvalue weighted by atomic mass is 19.1. The normalized spacial score (nSPS) is 11.3. The summed E-state index contributed by atoms with van der Waals surface area (Å²) in [7, 11) is 0. The predicted molar refractivity (Wildman–Crippen MR) is 90.2 cm³/mol. The predicted octanol–water partition coefficient (Wildman–Crippen LogP) is 3.45. The third-order valence-corrected chi connectivity index (χ3v) is 4.05. The van der Waals surface area contributed by atoms with Gasteiger partial charge in [0, 0.05) is 24.2 Å². The van der Waals surface area contributed by atoms with E-state index in [0.717, 1.165) is 11.0 Å². The number of rotatable bonds is 5. The highest BCUT2D eigenvalue weighted by Gasteiger charge is 2.14. The summed E-state index contributed by atoms with van der Waals surface area (Å²) in [5, 5.41) is 0. The van der Waals surface area contributed by atoms with E-state index in [1.165, 1.54) is 12.1 Å². The van der Waals surface area contributed by atoms with Crippen LogP contribution in [-0.2, 0) is 13.1 Å². The Labute approximate surface area is 142 Å². The SMILES string of the molecule is FCCn1c(Cn2ccnc2-c2cccc(F)c2)nc2cnccc21. The molecule has 3 aromatic heterocycles. The molecular weight excluding hydrogens is 324 g/mol. The van der Waals surface area contributed by atoms with Crippen molar-refractivity contribution in [1.29, 1.82) is 0 Å². The molecule has 0 amide bonds. The van der Waals surface area contributed by atoms with Gasteiger partial charge in [0.2, 0.25) is 0 Å². The molecule has 7 heteroatoms. The fourth-order valence-electron chi connectivity index (χ4n) is 2.96. The molecule has 4 aromatic rings. The van der Waals surface area contributed by atoms with Crippen LogP contribution in [0.1, 0.15) is 5.82 Å². The number of benzene rings is 1. The van der Waals surface area contributed by atoms with Gasteiger partial charge in [0.25, 0.3) is 0 Å². The van der Waals surface area contributed by atoms with Gasteiger partial charge < -0.3 is 9.13 Å². The molecule has 0 N–H and O–H groups in total. The van der Waals surface area contributed by atoms with E-state index < -0.39 is 6.67 Å². The molecule has 0 unspecified atom stereocenters. The van der Waals surface area contributed by atoms with Crippen LogP contribution in [-0.4, -0.2) is 30.8 Å². The number of fused-ring (bicyclic) bond motifs is 1. The summed E-state index contributed by atoms with van der Waals surface area (Å²) in [6.45, 7) is 0.141. The van der Waals surface area contributed by atoms with Gasteiger partial charge >= 0.3 is 0 Å². The highest BCUT2D eigenvalue weighted by Crippen LogP contribution is 2.21. The third-order valence-electron chi connectivity index (χ3n) is 4.05. The number of halogens is 2. The molecule has 0 saturated carbocycles. The highest BCUT2D eigenvalue weighted by molar-refractivity contribution is 5.74. The van der Waals surface area contributed by atoms with Crippen molar-refractivity contribution >= 4 is 11.0 Å². The van der Waals surface area contributed by atoms with Crippen LogP contribution < -0.4 is 0 Å². The van der Waals surface area contributed by atoms with E-state index in [1.807, 2.05) is 15.2 Å². The lowest BCUT2D eigenvalue weighted by Crippen LogP contribution is -2.10. The number of pyridine rings is 1. The Morgan fingerprint density at radius 3 is 2.88 bits per heavy atom. The Hall–Kier alpha value is -3.09. The van der Waals surface area contributed by atoms with E-state index >= 15 is 0 Å². The van der Waals surface area contributed by atoms with Crippen molar-refractivity contribution in [2.45, 2.75) is 13.1 Å². The summed E-state index contributed by atoms with van der Waals surface area (Å²) < 4.78 is 30.2. The second-order valence-corrected chi connectivity index (χ2v) is 5.62. The van der Waals surface area contributed by atoms with E-state index in [4.69, 9.17) is 0 Å². The average Bonchev–Trinajstić information content (AvgIpc) is 3.21. The van der Waals surface area contributed by atoms with Crippen LogP contribution in [0.2, 0.25) is 0 Å². The van der Waals surface area contributed by atoms with Crippen LogP contribution in [0.3, 0.4) is 0 Å². The second kappa shape index (κ2) is 6.43. The maximum atomic E-state index is 13.5. The zero-order valence-electron chi connectivity index (χ0n) is 13.3. The Balaban J connectivity index is 1.76. The molecule has 0 radical (unpaired) electrons. The first-order valence-corrected chi connectivity index (χ1v) is 7.88. The maximum absolute atomic E-state index is 13.5. The van der Waals surface area contributed by atoms with Crippen LogP contribution in [0.25, 0.3) is 22.4 Å². The molecular formula is C18H15F2N5. The van der Waals surface area contributed by atoms with Gasteiger partial charge in [0.1, 0.15) is 29.7 Å². The zero-order valence-corrected chi connectivity index (χ0v) is 13.3. The molecule has 0 bridgehead atoms. The van der Waals surface area contributed by atoms with Crippen molar-refractivity contribution in [3.8, 4) is 11.4 Å². The molecule has 0 spiro atoms. The maximum Gasteiger partial charge on any atom is 0.140 e. The largest absolute Gasteiger partial charge is 0.324 e. The van der Waals surface area contributed by atoms with Gasteiger partial charge in [0.05, 0.1) is 24.8 Å². The van der Waals surface area contributed by atoms with E-state index in [0.29, 0.717) is 23.8 Å². The van der Waals surface area contributed by atoms with Crippen molar-refractivity contribution in [2.75, 3.05) is 6.67 Å². The summed E-state index contributed by atoms with van der Waals surface area (Å²) >= 11 is 0. The number of nitrogens with zero attached hydrogens (tertiary/aromatic N) is 5. The van der Waals surface area contributed by atoms with Gasteiger partial charge in [-0.15, -0.1) is 0 Å². The molecule has 1 aromatic carbocycles. The summed E-state index contributed by atoms with van der Waals surface area (Å²) in [6.07, 6.45) is 6.79. The quantitative estimate of drug-likeness (QED) is 0.559. The van der Waals surface area contributed by atoms with E-state index in [-0.39, 0.29) is 12.4 Å². The van der Waals surface area contributed by atoms with Gasteiger partial charge in [-0.1, -0.05) is 12.1 Å². The Morgan fingerprint density at radius 1 is 1.12 bits per heavy atom. The molecule has 0 fully saturated rings. The average molecular weight is 339 g/mol. The molecule has 0 aliphatic heterocycles. The molecule has 0 aliphatic carbocycles. The number of hydrogen-bond donors (Lipinski definition) is 0. The third kappa shape index (κ3) is 2.88. The van der Waals surface area contributed by atoms with Crippen molar-refractivity contribution in [1.82, 2.24) is 24.1 Å². The molecule has 25 heavy (non-hydrogen) atoms. The minimum Gasteiger partial charge on any atom is -0.324 e. The smallest absolute Gasteiger partial charge is 0.140 e. The molecule has 3 heterocycles. The first-order valence-electron chi connectivity index (χ1n) is 7.88. The Bertz CT molecular complexity index is 1020. The molecule has 0 saturated heterocycles. The Kier molecular flexibility index (Phi) is 3.97. The number of aromatic nitrogens is 5. The van der Waals surface area contributed by atoms with Gasteiger partial charge in [0.15, 0.2) is 0 Å². The minimum absolute atomic E-state index is 0.222. The lowest BCUT2D eigenvalue weighted by atomic mass is 10.2. The first-order chi connectivity index (χ1) is 12.3. The monoisotopic (exact) mass is 339 g/mol. The topological polar surface area (TPSA) is 48.5 Å². The zero-order chi connectivity index (χ0) is 17.2. The Morgan fingerprint density at radius 2 is 2.04 bits per heavy atom. The number of imidazole rings is 2. The van der Waals surface area contributed by atoms with Crippen LogP contribution in [0, 0.1) is 5.82 Å². The van der Waals surface area contributed by atoms with Gasteiger partial charge in [-0.25, -0.2) is 18.7 Å². The number of hydrogen-bond acceptors (Lipinski definition) is 3. The van der Waals surface area contributed by atoms with E-state index in [9.17, 15) is 8.78 Å². The van der Waals surface area contributed by atoms with Crippen molar-refractivity contribution in [3.63, 3.8) is 0 Å². The summed E-state index contributed by atoms with van der Waals surface area (Å²) in [4.78, 5) is 13.0. The molecule has 0 aliphatic rings. The molecule has 4 rings (SSSR count).